The Morgan fingerprint density at radius 2 is 2.04 bits per heavy atom. The van der Waals surface area contributed by atoms with E-state index in [1.165, 1.54) is 6.20 Å². The number of anilines is 1. The van der Waals surface area contributed by atoms with Crippen molar-refractivity contribution in [3.05, 3.63) is 35.0 Å². The lowest BCUT2D eigenvalue weighted by Gasteiger charge is -2.36. The van der Waals surface area contributed by atoms with Crippen molar-refractivity contribution in [2.45, 2.75) is 25.4 Å². The van der Waals surface area contributed by atoms with Crippen LogP contribution in [0.2, 0.25) is 0 Å². The van der Waals surface area contributed by atoms with Crippen molar-refractivity contribution >= 4 is 11.9 Å². The van der Waals surface area contributed by atoms with Crippen molar-refractivity contribution in [3.63, 3.8) is 0 Å². The number of carbonyl (C=O) groups excluding carboxylic acids is 1. The van der Waals surface area contributed by atoms with Crippen LogP contribution in [0.25, 0.3) is 0 Å². The smallest absolute Gasteiger partial charge is 0.292 e. The Balaban J connectivity index is 1.48. The third-order valence-electron chi connectivity index (χ3n) is 5.91. The van der Waals surface area contributed by atoms with E-state index in [0.717, 1.165) is 42.4 Å². The average molecular weight is 385 g/mol. The summed E-state index contributed by atoms with van der Waals surface area (Å²) in [6.07, 6.45) is 2.29. The number of likely N-dealkylation sites (tertiary alicyclic amines) is 1. The normalized spacial score (nSPS) is 24.6. The summed E-state index contributed by atoms with van der Waals surface area (Å²) in [4.78, 5) is 26.4. The predicted molar refractivity (Wildman–Crippen MR) is 98.2 cm³/mol. The van der Waals surface area contributed by atoms with E-state index in [1.54, 1.807) is 6.07 Å². The Bertz CT molecular complexity index is 881. The highest BCUT2D eigenvalue weighted by atomic mass is 16.5. The zero-order valence-electron chi connectivity index (χ0n) is 15.9. The van der Waals surface area contributed by atoms with Crippen LogP contribution in [0.1, 0.15) is 33.9 Å². The van der Waals surface area contributed by atoms with E-state index >= 15 is 0 Å². The second-order valence-electron chi connectivity index (χ2n) is 7.66. The molecule has 0 radical (unpaired) electrons. The molecule has 0 aliphatic carbocycles. The van der Waals surface area contributed by atoms with Crippen LogP contribution in [0.3, 0.4) is 0 Å². The number of nitrogens with zero attached hydrogens (tertiary/aromatic N) is 5. The summed E-state index contributed by atoms with van der Waals surface area (Å²) in [5, 5.41) is 3.65. The Labute approximate surface area is 162 Å². The molecule has 0 aromatic carbocycles. The molecule has 148 valence electrons. The Morgan fingerprint density at radius 1 is 1.18 bits per heavy atom. The first-order chi connectivity index (χ1) is 13.7. The van der Waals surface area contributed by atoms with Crippen LogP contribution in [0, 0.1) is 6.92 Å². The van der Waals surface area contributed by atoms with Gasteiger partial charge in [-0.2, -0.15) is 0 Å². The molecule has 1 spiro atoms. The highest BCUT2D eigenvalue weighted by Gasteiger charge is 2.47. The zero-order valence-corrected chi connectivity index (χ0v) is 15.9. The first-order valence-corrected chi connectivity index (χ1v) is 9.65. The molecule has 1 unspecified atom stereocenters. The monoisotopic (exact) mass is 385 g/mol. The number of aryl methyl sites for hydroxylation is 1. The number of ether oxygens (including phenoxy) is 2. The number of hydrogen-bond acceptors (Lipinski definition) is 8. The molecule has 0 saturated carbocycles. The fourth-order valence-corrected chi connectivity index (χ4v) is 4.35. The van der Waals surface area contributed by atoms with E-state index in [4.69, 9.17) is 24.0 Å². The van der Waals surface area contributed by atoms with Crippen LogP contribution >= 0.6 is 0 Å². The maximum Gasteiger partial charge on any atom is 0.292 e. The summed E-state index contributed by atoms with van der Waals surface area (Å²) in [5.41, 5.74) is 2.72. The number of rotatable bonds is 2. The van der Waals surface area contributed by atoms with Crippen LogP contribution in [-0.2, 0) is 21.5 Å². The Kier molecular flexibility index (Phi) is 4.28. The quantitative estimate of drug-likeness (QED) is 0.754. The number of hydrogen-bond donors (Lipinski definition) is 0. The molecule has 1 atom stereocenters. The van der Waals surface area contributed by atoms with E-state index in [-0.39, 0.29) is 17.1 Å². The van der Waals surface area contributed by atoms with E-state index in [0.29, 0.717) is 39.5 Å². The fraction of sp³-hybridized carbons (Fsp3) is 0.579. The highest BCUT2D eigenvalue weighted by Crippen LogP contribution is 2.40. The van der Waals surface area contributed by atoms with Gasteiger partial charge in [0.15, 0.2) is 0 Å². The third kappa shape index (κ3) is 2.85. The second-order valence-corrected chi connectivity index (χ2v) is 7.66. The van der Waals surface area contributed by atoms with Gasteiger partial charge in [-0.3, -0.25) is 4.79 Å². The number of aromatic nitrogens is 3. The average Bonchev–Trinajstić information content (AvgIpc) is 3.40. The first-order valence-electron chi connectivity index (χ1n) is 9.65. The molecule has 2 saturated heterocycles. The topological polar surface area (TPSA) is 93.8 Å². The van der Waals surface area contributed by atoms with Gasteiger partial charge in [0.25, 0.3) is 5.91 Å². The zero-order chi connectivity index (χ0) is 19.1. The molecule has 28 heavy (non-hydrogen) atoms. The predicted octanol–water partition coefficient (Wildman–Crippen LogP) is 0.924. The molecule has 2 aromatic rings. The van der Waals surface area contributed by atoms with Gasteiger partial charge < -0.3 is 23.8 Å². The summed E-state index contributed by atoms with van der Waals surface area (Å²) >= 11 is 0. The van der Waals surface area contributed by atoms with Gasteiger partial charge >= 0.3 is 0 Å². The third-order valence-corrected chi connectivity index (χ3v) is 5.91. The summed E-state index contributed by atoms with van der Waals surface area (Å²) in [6.45, 7) is 7.23. The lowest BCUT2D eigenvalue weighted by Crippen LogP contribution is -2.43. The molecule has 9 nitrogen and oxygen atoms in total. The van der Waals surface area contributed by atoms with E-state index in [1.807, 2.05) is 11.8 Å². The Morgan fingerprint density at radius 3 is 2.82 bits per heavy atom. The summed E-state index contributed by atoms with van der Waals surface area (Å²) in [5.74, 6) is 0.878. The van der Waals surface area contributed by atoms with Gasteiger partial charge in [0, 0.05) is 43.5 Å². The minimum absolute atomic E-state index is 0.138. The van der Waals surface area contributed by atoms with Crippen molar-refractivity contribution in [1.29, 1.82) is 0 Å². The molecular formula is C19H23N5O4. The van der Waals surface area contributed by atoms with E-state index in [2.05, 4.69) is 10.1 Å². The molecule has 0 N–H and O–H groups in total. The van der Waals surface area contributed by atoms with Gasteiger partial charge in [-0.25, -0.2) is 9.97 Å². The second kappa shape index (κ2) is 6.82. The van der Waals surface area contributed by atoms with Crippen molar-refractivity contribution < 1.29 is 18.8 Å². The van der Waals surface area contributed by atoms with Gasteiger partial charge in [-0.1, -0.05) is 5.16 Å². The lowest BCUT2D eigenvalue weighted by atomic mass is 9.80. The number of morpholine rings is 1. The molecule has 2 fully saturated rings. The van der Waals surface area contributed by atoms with Crippen molar-refractivity contribution in [2.24, 2.45) is 0 Å². The van der Waals surface area contributed by atoms with Gasteiger partial charge in [0.1, 0.15) is 0 Å². The molecule has 1 amide bonds. The standard InChI is InChI=1S/C19H23N5O4/c1-13-14-10-27-12-19(3-5-24(11-19)17(25)15-2-4-20-28-15)16(14)22-18(21-13)23-6-8-26-9-7-23/h2,4H,3,5-12H2,1H3. The van der Waals surface area contributed by atoms with Crippen molar-refractivity contribution in [1.82, 2.24) is 20.0 Å². The lowest BCUT2D eigenvalue weighted by molar-refractivity contribution is 0.0472. The van der Waals surface area contributed by atoms with E-state index < -0.39 is 0 Å². The van der Waals surface area contributed by atoms with Gasteiger partial charge in [-0.15, -0.1) is 0 Å². The highest BCUT2D eigenvalue weighted by molar-refractivity contribution is 5.91. The number of fused-ring (bicyclic) bond motifs is 2. The van der Waals surface area contributed by atoms with Gasteiger partial charge in [0.05, 0.1) is 43.7 Å². The van der Waals surface area contributed by atoms with Crippen LogP contribution in [-0.4, -0.2) is 71.9 Å². The van der Waals surface area contributed by atoms with Crippen LogP contribution in [0.15, 0.2) is 16.8 Å². The summed E-state index contributed by atoms with van der Waals surface area (Å²) < 4.78 is 16.4. The minimum Gasteiger partial charge on any atom is -0.378 e. The molecular weight excluding hydrogens is 362 g/mol. The van der Waals surface area contributed by atoms with E-state index in [9.17, 15) is 4.79 Å². The molecule has 9 heteroatoms. The number of carbonyl (C=O) groups is 1. The van der Waals surface area contributed by atoms with Crippen LogP contribution in [0.4, 0.5) is 5.95 Å². The minimum atomic E-state index is -0.308. The number of amides is 1. The van der Waals surface area contributed by atoms with Gasteiger partial charge in [-0.05, 0) is 13.3 Å². The fourth-order valence-electron chi connectivity index (χ4n) is 4.35. The SMILES string of the molecule is Cc1nc(N2CCOCC2)nc2c1COCC21CCN(C(=O)c2ccno2)C1. The Hall–Kier alpha value is -2.52. The molecule has 2 aromatic heterocycles. The maximum absolute atomic E-state index is 12.7. The van der Waals surface area contributed by atoms with Crippen LogP contribution < -0.4 is 4.90 Å². The van der Waals surface area contributed by atoms with Gasteiger partial charge in [0.2, 0.25) is 11.7 Å². The molecule has 3 aliphatic rings. The first kappa shape index (κ1) is 17.6. The molecule has 3 aliphatic heterocycles. The van der Waals surface area contributed by atoms with Crippen LogP contribution in [0.5, 0.6) is 0 Å². The largest absolute Gasteiger partial charge is 0.378 e. The van der Waals surface area contributed by atoms with Crippen molar-refractivity contribution in [2.75, 3.05) is 50.9 Å². The maximum atomic E-state index is 12.7. The summed E-state index contributed by atoms with van der Waals surface area (Å²) in [7, 11) is 0. The van der Waals surface area contributed by atoms with Crippen molar-refractivity contribution in [3.8, 4) is 0 Å². The molecule has 0 bridgehead atoms. The summed E-state index contributed by atoms with van der Waals surface area (Å²) in [6, 6.07) is 1.60. The molecule has 5 rings (SSSR count). The molecule has 5 heterocycles.